The van der Waals surface area contributed by atoms with Crippen molar-refractivity contribution < 1.29 is 9.90 Å². The topological polar surface area (TPSA) is 52.6 Å². The Morgan fingerprint density at radius 3 is 2.95 bits per heavy atom. The van der Waals surface area contributed by atoms with Crippen LogP contribution in [0.2, 0.25) is 0 Å². The van der Waals surface area contributed by atoms with E-state index in [0.29, 0.717) is 12.6 Å². The molecule has 0 aromatic heterocycles. The zero-order valence-corrected chi connectivity index (χ0v) is 13.2. The molecular formula is C17H26N2O2. The number of benzene rings is 1. The Bertz CT molecular complexity index is 500. The molecule has 2 unspecified atom stereocenters. The number of amides is 1. The molecule has 21 heavy (non-hydrogen) atoms. The summed E-state index contributed by atoms with van der Waals surface area (Å²) >= 11 is 0. The van der Waals surface area contributed by atoms with Gasteiger partial charge in [0, 0.05) is 11.7 Å². The van der Waals surface area contributed by atoms with E-state index < -0.39 is 0 Å². The van der Waals surface area contributed by atoms with Gasteiger partial charge < -0.3 is 10.4 Å². The van der Waals surface area contributed by atoms with Crippen LogP contribution in [0.15, 0.2) is 18.2 Å². The quantitative estimate of drug-likeness (QED) is 0.876. The van der Waals surface area contributed by atoms with Crippen LogP contribution in [0.3, 0.4) is 0 Å². The summed E-state index contributed by atoms with van der Waals surface area (Å²) in [6.45, 7) is 7.18. The van der Waals surface area contributed by atoms with Crippen LogP contribution >= 0.6 is 0 Å². The number of likely N-dealkylation sites (tertiary alicyclic amines) is 1. The first kappa shape index (κ1) is 16.0. The molecule has 1 amide bonds. The van der Waals surface area contributed by atoms with Crippen molar-refractivity contribution in [2.24, 2.45) is 0 Å². The number of carbonyl (C=O) groups excluding carboxylic acids is 1. The summed E-state index contributed by atoms with van der Waals surface area (Å²) in [5.74, 6) is 0.0289. The van der Waals surface area contributed by atoms with Crippen LogP contribution in [-0.2, 0) is 4.79 Å². The number of aliphatic hydroxyl groups is 1. The van der Waals surface area contributed by atoms with Crippen molar-refractivity contribution >= 4 is 11.6 Å². The Balaban J connectivity index is 1.93. The van der Waals surface area contributed by atoms with E-state index in [9.17, 15) is 9.90 Å². The van der Waals surface area contributed by atoms with Crippen LogP contribution in [-0.4, -0.2) is 41.1 Å². The fraction of sp³-hybridized carbons (Fsp3) is 0.588. The lowest BCUT2D eigenvalue weighted by molar-refractivity contribution is -0.117. The minimum atomic E-state index is -0.308. The molecule has 0 radical (unpaired) electrons. The Hall–Kier alpha value is -1.39. The molecule has 1 heterocycles. The molecule has 1 aliphatic heterocycles. The molecule has 2 rings (SSSR count). The SMILES string of the molecule is Cc1ccc(C)c(NC(=O)CN2CCCC2CC(C)O)c1. The van der Waals surface area contributed by atoms with Crippen LogP contribution in [0.5, 0.6) is 0 Å². The average Bonchev–Trinajstić information content (AvgIpc) is 2.80. The van der Waals surface area contributed by atoms with E-state index >= 15 is 0 Å². The first-order valence-electron chi connectivity index (χ1n) is 7.75. The summed E-state index contributed by atoms with van der Waals surface area (Å²) in [6, 6.07) is 6.40. The number of rotatable bonds is 5. The monoisotopic (exact) mass is 290 g/mol. The second kappa shape index (κ2) is 7.05. The zero-order chi connectivity index (χ0) is 15.4. The van der Waals surface area contributed by atoms with Crippen molar-refractivity contribution in [3.63, 3.8) is 0 Å². The smallest absolute Gasteiger partial charge is 0.238 e. The van der Waals surface area contributed by atoms with Gasteiger partial charge in [-0.05, 0) is 63.8 Å². The molecule has 1 aliphatic rings. The largest absolute Gasteiger partial charge is 0.393 e. The summed E-state index contributed by atoms with van der Waals surface area (Å²) < 4.78 is 0. The second-order valence-corrected chi connectivity index (χ2v) is 6.22. The highest BCUT2D eigenvalue weighted by Gasteiger charge is 2.27. The molecule has 0 aliphatic carbocycles. The van der Waals surface area contributed by atoms with Crippen molar-refractivity contribution in [1.29, 1.82) is 0 Å². The molecule has 0 bridgehead atoms. The van der Waals surface area contributed by atoms with Gasteiger partial charge in [0.05, 0.1) is 12.6 Å². The molecule has 0 spiro atoms. The average molecular weight is 290 g/mol. The Kier molecular flexibility index (Phi) is 5.37. The predicted octanol–water partition coefficient (Wildman–Crippen LogP) is 2.48. The molecular weight excluding hydrogens is 264 g/mol. The van der Waals surface area contributed by atoms with E-state index in [1.807, 2.05) is 39.0 Å². The fourth-order valence-corrected chi connectivity index (χ4v) is 3.01. The van der Waals surface area contributed by atoms with Crippen LogP contribution < -0.4 is 5.32 Å². The summed E-state index contributed by atoms with van der Waals surface area (Å²) in [5, 5.41) is 12.5. The molecule has 0 saturated carbocycles. The maximum atomic E-state index is 12.2. The van der Waals surface area contributed by atoms with E-state index in [4.69, 9.17) is 0 Å². The number of anilines is 1. The summed E-state index contributed by atoms with van der Waals surface area (Å²) in [4.78, 5) is 14.4. The van der Waals surface area contributed by atoms with Gasteiger partial charge in [-0.2, -0.15) is 0 Å². The number of carbonyl (C=O) groups is 1. The van der Waals surface area contributed by atoms with Crippen molar-refractivity contribution in [1.82, 2.24) is 4.90 Å². The third kappa shape index (κ3) is 4.55. The van der Waals surface area contributed by atoms with Crippen LogP contribution in [0.25, 0.3) is 0 Å². The number of aryl methyl sites for hydroxylation is 2. The lowest BCUT2D eigenvalue weighted by Crippen LogP contribution is -2.38. The third-order valence-electron chi connectivity index (χ3n) is 4.13. The Morgan fingerprint density at radius 2 is 2.24 bits per heavy atom. The highest BCUT2D eigenvalue weighted by molar-refractivity contribution is 5.93. The summed E-state index contributed by atoms with van der Waals surface area (Å²) in [6.07, 6.45) is 2.62. The molecule has 1 saturated heterocycles. The molecule has 1 aromatic rings. The minimum absolute atomic E-state index is 0.0289. The Morgan fingerprint density at radius 1 is 1.48 bits per heavy atom. The standard InChI is InChI=1S/C17H26N2O2/c1-12-6-7-13(2)16(9-12)18-17(21)11-19-8-4-5-15(19)10-14(3)20/h6-7,9,14-15,20H,4-5,8,10-11H2,1-3H3,(H,18,21). The first-order chi connectivity index (χ1) is 9.95. The molecule has 4 heteroatoms. The lowest BCUT2D eigenvalue weighted by Gasteiger charge is -2.25. The molecule has 4 nitrogen and oxygen atoms in total. The van der Waals surface area contributed by atoms with Gasteiger partial charge in [-0.15, -0.1) is 0 Å². The maximum Gasteiger partial charge on any atom is 0.238 e. The van der Waals surface area contributed by atoms with Crippen molar-refractivity contribution in [3.8, 4) is 0 Å². The Labute approximate surface area is 127 Å². The van der Waals surface area contributed by atoms with Crippen molar-refractivity contribution in [2.45, 2.75) is 52.2 Å². The van der Waals surface area contributed by atoms with Crippen LogP contribution in [0.4, 0.5) is 5.69 Å². The number of nitrogens with zero attached hydrogens (tertiary/aromatic N) is 1. The van der Waals surface area contributed by atoms with Gasteiger partial charge in [-0.25, -0.2) is 0 Å². The van der Waals surface area contributed by atoms with Crippen molar-refractivity contribution in [2.75, 3.05) is 18.4 Å². The van der Waals surface area contributed by atoms with E-state index in [-0.39, 0.29) is 12.0 Å². The van der Waals surface area contributed by atoms with Gasteiger partial charge in [0.15, 0.2) is 0 Å². The van der Waals surface area contributed by atoms with E-state index in [0.717, 1.165) is 42.6 Å². The fourth-order valence-electron chi connectivity index (χ4n) is 3.01. The lowest BCUT2D eigenvalue weighted by atomic mass is 10.1. The van der Waals surface area contributed by atoms with Crippen LogP contribution in [0.1, 0.15) is 37.3 Å². The third-order valence-corrected chi connectivity index (χ3v) is 4.13. The molecule has 1 aromatic carbocycles. The predicted molar refractivity (Wildman–Crippen MR) is 85.4 cm³/mol. The van der Waals surface area contributed by atoms with Gasteiger partial charge in [0.25, 0.3) is 0 Å². The molecule has 2 N–H and O–H groups in total. The van der Waals surface area contributed by atoms with Gasteiger partial charge >= 0.3 is 0 Å². The minimum Gasteiger partial charge on any atom is -0.393 e. The van der Waals surface area contributed by atoms with Crippen LogP contribution in [0, 0.1) is 13.8 Å². The molecule has 2 atom stereocenters. The van der Waals surface area contributed by atoms with Gasteiger partial charge in [0.1, 0.15) is 0 Å². The highest BCUT2D eigenvalue weighted by Crippen LogP contribution is 2.22. The summed E-state index contributed by atoms with van der Waals surface area (Å²) in [7, 11) is 0. The number of hydrogen-bond acceptors (Lipinski definition) is 3. The van der Waals surface area contributed by atoms with Gasteiger partial charge in [-0.3, -0.25) is 9.69 Å². The summed E-state index contributed by atoms with van der Waals surface area (Å²) in [5.41, 5.74) is 3.12. The first-order valence-corrected chi connectivity index (χ1v) is 7.75. The van der Waals surface area contributed by atoms with E-state index in [1.54, 1.807) is 0 Å². The van der Waals surface area contributed by atoms with Gasteiger partial charge in [-0.1, -0.05) is 12.1 Å². The normalized spacial score (nSPS) is 20.5. The molecule has 116 valence electrons. The van der Waals surface area contributed by atoms with E-state index in [1.165, 1.54) is 0 Å². The highest BCUT2D eigenvalue weighted by atomic mass is 16.3. The second-order valence-electron chi connectivity index (χ2n) is 6.22. The number of aliphatic hydroxyl groups excluding tert-OH is 1. The zero-order valence-electron chi connectivity index (χ0n) is 13.2. The van der Waals surface area contributed by atoms with Crippen molar-refractivity contribution in [3.05, 3.63) is 29.3 Å². The van der Waals surface area contributed by atoms with Gasteiger partial charge in [0.2, 0.25) is 5.91 Å². The van der Waals surface area contributed by atoms with E-state index in [2.05, 4.69) is 10.2 Å². The number of hydrogen-bond donors (Lipinski definition) is 2. The molecule has 1 fully saturated rings. The number of nitrogens with one attached hydrogen (secondary N) is 1. The maximum absolute atomic E-state index is 12.2.